The lowest BCUT2D eigenvalue weighted by Gasteiger charge is -2.41. The Balaban J connectivity index is 1.67. The van der Waals surface area contributed by atoms with Crippen LogP contribution in [0.4, 0.5) is 0 Å². The van der Waals surface area contributed by atoms with Gasteiger partial charge in [0, 0.05) is 36.6 Å². The number of ether oxygens (including phenoxy) is 2. The van der Waals surface area contributed by atoms with Crippen LogP contribution in [-0.4, -0.2) is 78.3 Å². The Morgan fingerprint density at radius 1 is 1.22 bits per heavy atom. The van der Waals surface area contributed by atoms with E-state index in [1.807, 2.05) is 22.6 Å². The van der Waals surface area contributed by atoms with Crippen molar-refractivity contribution in [3.63, 3.8) is 0 Å². The van der Waals surface area contributed by atoms with Crippen LogP contribution in [0, 0.1) is 15.4 Å². The van der Waals surface area contributed by atoms with Crippen molar-refractivity contribution in [2.45, 2.75) is 63.2 Å². The maximum absolute atomic E-state index is 13.7. The third-order valence-electron chi connectivity index (χ3n) is 7.40. The molecule has 0 unspecified atom stereocenters. The first-order chi connectivity index (χ1) is 17.9. The number of nitrogens with one attached hydrogen (secondary N) is 1. The quantitative estimate of drug-likeness (QED) is 0.255. The number of aliphatic hydroxyl groups excluding tert-OH is 2. The van der Waals surface area contributed by atoms with Gasteiger partial charge in [-0.25, -0.2) is 0 Å². The molecule has 3 aliphatic rings. The average Bonchev–Trinajstić information content (AvgIpc) is 3.56. The molecule has 37 heavy (non-hydrogen) atoms. The molecule has 10 heteroatoms. The lowest BCUT2D eigenvalue weighted by molar-refractivity contribution is -0.143. The van der Waals surface area contributed by atoms with Crippen molar-refractivity contribution in [3.05, 3.63) is 32.9 Å². The largest absolute Gasteiger partial charge is 0.493 e. The minimum Gasteiger partial charge on any atom is -0.493 e. The van der Waals surface area contributed by atoms with Gasteiger partial charge in [-0.2, -0.15) is 0 Å². The first-order valence-corrected chi connectivity index (χ1v) is 14.0. The van der Waals surface area contributed by atoms with Crippen molar-refractivity contribution < 1.29 is 34.1 Å². The number of hydrogen-bond donors (Lipinski definition) is 3. The van der Waals surface area contributed by atoms with Gasteiger partial charge in [0.05, 0.1) is 23.3 Å². The smallest absolute Gasteiger partial charge is 0.247 e. The standard InChI is InChI=1S/C27H35IN2O7/c1-36-23-11-17(15-32)10-20(28)25(23)37-22-13-19(26(34)29-8-9-31)12-21(24(22)33)30(14-16-6-7-16)27(35)18-4-2-3-5-18/h10-11,13,15-16,18,21-22,24,31,33H,2-9,12,14H2,1H3,(H,29,34)/t21-,22+,24+/m1/s1. The number of halogens is 1. The average molecular weight is 626 g/mol. The molecule has 3 atom stereocenters. The molecular formula is C27H35IN2O7. The van der Waals surface area contributed by atoms with Gasteiger partial charge >= 0.3 is 0 Å². The molecule has 0 saturated heterocycles. The molecule has 9 nitrogen and oxygen atoms in total. The normalized spacial score (nSPS) is 23.8. The fourth-order valence-electron chi connectivity index (χ4n) is 5.21. The van der Waals surface area contributed by atoms with E-state index < -0.39 is 18.2 Å². The molecule has 0 aliphatic heterocycles. The Labute approximate surface area is 230 Å². The predicted octanol–water partition coefficient (Wildman–Crippen LogP) is 2.46. The van der Waals surface area contributed by atoms with Crippen LogP contribution in [0.1, 0.15) is 55.3 Å². The first-order valence-electron chi connectivity index (χ1n) is 12.9. The molecule has 0 spiro atoms. The van der Waals surface area contributed by atoms with Crippen LogP contribution in [-0.2, 0) is 9.59 Å². The highest BCUT2D eigenvalue weighted by atomic mass is 127. The third kappa shape index (κ3) is 6.64. The second-order valence-electron chi connectivity index (χ2n) is 10.1. The van der Waals surface area contributed by atoms with E-state index in [-0.39, 0.29) is 37.3 Å². The summed E-state index contributed by atoms with van der Waals surface area (Å²) in [5.74, 6) is 0.718. The number of aldehydes is 1. The molecule has 0 bridgehead atoms. The minimum absolute atomic E-state index is 0.0479. The molecular weight excluding hydrogens is 591 g/mol. The molecule has 2 fully saturated rings. The predicted molar refractivity (Wildman–Crippen MR) is 144 cm³/mol. The highest BCUT2D eigenvalue weighted by molar-refractivity contribution is 14.1. The van der Waals surface area contributed by atoms with Crippen molar-refractivity contribution in [1.82, 2.24) is 10.2 Å². The number of amides is 2. The first kappa shape index (κ1) is 27.8. The van der Waals surface area contributed by atoms with Crippen molar-refractivity contribution in [2.75, 3.05) is 26.8 Å². The number of hydrogen-bond acceptors (Lipinski definition) is 7. The molecule has 2 amide bonds. The molecule has 0 aromatic heterocycles. The summed E-state index contributed by atoms with van der Waals surface area (Å²) in [4.78, 5) is 39.8. The summed E-state index contributed by atoms with van der Waals surface area (Å²) < 4.78 is 12.3. The van der Waals surface area contributed by atoms with Crippen molar-refractivity contribution in [2.24, 2.45) is 11.8 Å². The summed E-state index contributed by atoms with van der Waals surface area (Å²) in [6.07, 6.45) is 6.34. The van der Waals surface area contributed by atoms with Crippen molar-refractivity contribution in [3.8, 4) is 11.5 Å². The summed E-state index contributed by atoms with van der Waals surface area (Å²) in [7, 11) is 1.47. The second-order valence-corrected chi connectivity index (χ2v) is 11.2. The zero-order valence-corrected chi connectivity index (χ0v) is 23.2. The third-order valence-corrected chi connectivity index (χ3v) is 8.20. The van der Waals surface area contributed by atoms with E-state index in [0.717, 1.165) is 38.5 Å². The lowest BCUT2D eigenvalue weighted by atomic mass is 9.87. The van der Waals surface area contributed by atoms with E-state index in [1.54, 1.807) is 23.1 Å². The Bertz CT molecular complexity index is 1040. The van der Waals surface area contributed by atoms with Crippen LogP contribution in [0.3, 0.4) is 0 Å². The van der Waals surface area contributed by atoms with Gasteiger partial charge < -0.3 is 29.9 Å². The van der Waals surface area contributed by atoms with E-state index >= 15 is 0 Å². The summed E-state index contributed by atoms with van der Waals surface area (Å²) in [5.41, 5.74) is 0.820. The summed E-state index contributed by atoms with van der Waals surface area (Å²) in [5, 5.41) is 23.4. The van der Waals surface area contributed by atoms with Crippen LogP contribution in [0.25, 0.3) is 0 Å². The van der Waals surface area contributed by atoms with Gasteiger partial charge in [-0.05, 0) is 72.4 Å². The molecule has 1 aromatic carbocycles. The maximum atomic E-state index is 13.7. The zero-order valence-electron chi connectivity index (χ0n) is 21.0. The zero-order chi connectivity index (χ0) is 26.5. The van der Waals surface area contributed by atoms with E-state index in [2.05, 4.69) is 5.32 Å². The van der Waals surface area contributed by atoms with Crippen molar-refractivity contribution >= 4 is 40.7 Å². The van der Waals surface area contributed by atoms with Crippen LogP contribution in [0.2, 0.25) is 0 Å². The Hall–Kier alpha value is -2.18. The molecule has 2 saturated carbocycles. The lowest BCUT2D eigenvalue weighted by Crippen LogP contribution is -2.56. The van der Waals surface area contributed by atoms with Gasteiger partial charge in [0.2, 0.25) is 11.8 Å². The summed E-state index contributed by atoms with van der Waals surface area (Å²) >= 11 is 2.04. The topological polar surface area (TPSA) is 125 Å². The molecule has 202 valence electrons. The SMILES string of the molecule is COc1cc(C=O)cc(I)c1O[C@H]1C=C(C(=O)NCCO)C[C@@H](N(CC2CC2)C(=O)C2CCCC2)[C@@H]1O. The Morgan fingerprint density at radius 3 is 2.57 bits per heavy atom. The van der Waals surface area contributed by atoms with E-state index in [9.17, 15) is 24.6 Å². The second kappa shape index (κ2) is 12.6. The van der Waals surface area contributed by atoms with Crippen LogP contribution in [0.15, 0.2) is 23.8 Å². The summed E-state index contributed by atoms with van der Waals surface area (Å²) in [6.45, 7) is 0.461. The number of aliphatic hydroxyl groups is 2. The van der Waals surface area contributed by atoms with Gasteiger partial charge in [-0.1, -0.05) is 12.8 Å². The molecule has 1 aromatic rings. The van der Waals surface area contributed by atoms with Crippen LogP contribution in [0.5, 0.6) is 11.5 Å². The Morgan fingerprint density at radius 2 is 1.95 bits per heavy atom. The highest BCUT2D eigenvalue weighted by Gasteiger charge is 2.44. The maximum Gasteiger partial charge on any atom is 0.247 e. The fraction of sp³-hybridized carbons (Fsp3) is 0.593. The van der Waals surface area contributed by atoms with Gasteiger partial charge in [0.25, 0.3) is 0 Å². The van der Waals surface area contributed by atoms with Crippen LogP contribution >= 0.6 is 22.6 Å². The number of carbonyl (C=O) groups is 3. The Kier molecular flexibility index (Phi) is 9.46. The van der Waals surface area contributed by atoms with E-state index in [1.165, 1.54) is 7.11 Å². The molecule has 4 rings (SSSR count). The minimum atomic E-state index is -1.08. The number of methoxy groups -OCH3 is 1. The van der Waals surface area contributed by atoms with Crippen molar-refractivity contribution in [1.29, 1.82) is 0 Å². The van der Waals surface area contributed by atoms with Gasteiger partial charge in [-0.15, -0.1) is 0 Å². The molecule has 3 aliphatic carbocycles. The fourth-order valence-corrected chi connectivity index (χ4v) is 5.97. The number of rotatable bonds is 11. The monoisotopic (exact) mass is 626 g/mol. The highest BCUT2D eigenvalue weighted by Crippen LogP contribution is 2.39. The van der Waals surface area contributed by atoms with E-state index in [4.69, 9.17) is 9.47 Å². The summed E-state index contributed by atoms with van der Waals surface area (Å²) in [6, 6.07) is 2.58. The van der Waals surface area contributed by atoms with E-state index in [0.29, 0.717) is 45.0 Å². The number of carbonyl (C=O) groups excluding carboxylic acids is 3. The molecule has 3 N–H and O–H groups in total. The van der Waals surface area contributed by atoms with Gasteiger partial charge in [-0.3, -0.25) is 14.4 Å². The van der Waals surface area contributed by atoms with Gasteiger partial charge in [0.1, 0.15) is 18.5 Å². The van der Waals surface area contributed by atoms with Crippen LogP contribution < -0.4 is 14.8 Å². The number of nitrogens with zero attached hydrogens (tertiary/aromatic N) is 1. The number of benzene rings is 1. The van der Waals surface area contributed by atoms with Gasteiger partial charge in [0.15, 0.2) is 11.5 Å². The molecule has 0 radical (unpaired) electrons. The molecule has 0 heterocycles.